The minimum Gasteiger partial charge on any atom is -0.493 e. The van der Waals surface area contributed by atoms with E-state index in [0.29, 0.717) is 31.3 Å². The van der Waals surface area contributed by atoms with Gasteiger partial charge in [-0.15, -0.1) is 0 Å². The van der Waals surface area contributed by atoms with E-state index in [0.717, 1.165) is 36.0 Å². The summed E-state index contributed by atoms with van der Waals surface area (Å²) in [6, 6.07) is 14.9. The molecule has 1 saturated heterocycles. The average Bonchev–Trinajstić information content (AvgIpc) is 2.66. The van der Waals surface area contributed by atoms with Crippen molar-refractivity contribution >= 4 is 21.8 Å². The Morgan fingerprint density at radius 3 is 2.11 bits per heavy atom. The molecule has 0 spiro atoms. The highest BCUT2D eigenvalue weighted by Crippen LogP contribution is 2.25. The molecule has 7 nitrogen and oxygen atoms in total. The van der Waals surface area contributed by atoms with Crippen molar-refractivity contribution in [1.29, 1.82) is 0 Å². The van der Waals surface area contributed by atoms with Crippen molar-refractivity contribution in [2.75, 3.05) is 30.7 Å². The van der Waals surface area contributed by atoms with Crippen LogP contribution in [0.4, 0.5) is 10.5 Å². The Hall–Kier alpha value is -2.74. The van der Waals surface area contributed by atoms with Gasteiger partial charge < -0.3 is 14.7 Å². The second kappa shape index (κ2) is 8.52. The van der Waals surface area contributed by atoms with Crippen molar-refractivity contribution in [2.24, 2.45) is 5.92 Å². The van der Waals surface area contributed by atoms with Crippen LogP contribution in [0.3, 0.4) is 0 Å². The zero-order valence-electron chi connectivity index (χ0n) is 15.7. The summed E-state index contributed by atoms with van der Waals surface area (Å²) < 4.78 is 30.8. The second-order valence-electron chi connectivity index (χ2n) is 7.00. The highest BCUT2D eigenvalue weighted by molar-refractivity contribution is 7.92. The van der Waals surface area contributed by atoms with Crippen LogP contribution in [0.5, 0.6) is 5.75 Å². The van der Waals surface area contributed by atoms with Crippen LogP contribution in [0.25, 0.3) is 11.1 Å². The molecule has 150 valence electrons. The Bertz CT molecular complexity index is 903. The molecule has 1 aliphatic heterocycles. The molecule has 2 N–H and O–H groups in total. The third kappa shape index (κ3) is 5.63. The van der Waals surface area contributed by atoms with E-state index in [1.165, 1.54) is 4.90 Å². The van der Waals surface area contributed by atoms with Gasteiger partial charge in [-0.2, -0.15) is 0 Å². The minimum atomic E-state index is -3.28. The van der Waals surface area contributed by atoms with Gasteiger partial charge in [-0.05, 0) is 54.2 Å². The summed E-state index contributed by atoms with van der Waals surface area (Å²) in [6.45, 7) is 1.71. The number of hydrogen-bond acceptors (Lipinski definition) is 4. The summed E-state index contributed by atoms with van der Waals surface area (Å²) in [5.41, 5.74) is 2.51. The summed E-state index contributed by atoms with van der Waals surface area (Å²) in [5.74, 6) is 1.14. The number of hydrogen-bond donors (Lipinski definition) is 2. The third-order valence-electron chi connectivity index (χ3n) is 4.75. The lowest BCUT2D eigenvalue weighted by molar-refractivity contribution is 0.111. The van der Waals surface area contributed by atoms with Crippen molar-refractivity contribution in [3.8, 4) is 16.9 Å². The third-order valence-corrected chi connectivity index (χ3v) is 5.35. The van der Waals surface area contributed by atoms with Crippen LogP contribution < -0.4 is 9.46 Å². The first-order valence-corrected chi connectivity index (χ1v) is 11.0. The number of nitrogens with one attached hydrogen (secondary N) is 1. The van der Waals surface area contributed by atoms with E-state index in [1.807, 2.05) is 36.4 Å². The molecule has 0 radical (unpaired) electrons. The average molecular weight is 404 g/mol. The summed E-state index contributed by atoms with van der Waals surface area (Å²) in [5, 5.41) is 8.98. The molecule has 1 aliphatic rings. The van der Waals surface area contributed by atoms with Gasteiger partial charge in [-0.1, -0.05) is 24.3 Å². The number of likely N-dealkylation sites (tertiary alicyclic amines) is 1. The van der Waals surface area contributed by atoms with E-state index in [4.69, 9.17) is 9.84 Å². The zero-order valence-corrected chi connectivity index (χ0v) is 16.5. The van der Waals surface area contributed by atoms with E-state index in [-0.39, 0.29) is 0 Å². The molecular formula is C20H24N2O5S. The molecular weight excluding hydrogens is 380 g/mol. The quantitative estimate of drug-likeness (QED) is 0.768. The van der Waals surface area contributed by atoms with Gasteiger partial charge in [0, 0.05) is 18.8 Å². The van der Waals surface area contributed by atoms with Gasteiger partial charge in [0.05, 0.1) is 12.9 Å². The number of nitrogens with zero attached hydrogens (tertiary/aromatic N) is 1. The van der Waals surface area contributed by atoms with Gasteiger partial charge in [0.2, 0.25) is 10.0 Å². The number of carbonyl (C=O) groups is 1. The number of rotatable bonds is 6. The molecule has 1 amide bonds. The first-order chi connectivity index (χ1) is 13.3. The molecule has 2 aromatic rings. The van der Waals surface area contributed by atoms with E-state index in [2.05, 4.69) is 4.72 Å². The summed E-state index contributed by atoms with van der Waals surface area (Å²) in [7, 11) is -3.28. The van der Waals surface area contributed by atoms with Crippen LogP contribution in [-0.2, 0) is 10.0 Å². The lowest BCUT2D eigenvalue weighted by Crippen LogP contribution is -2.38. The first-order valence-electron chi connectivity index (χ1n) is 9.09. The molecule has 28 heavy (non-hydrogen) atoms. The van der Waals surface area contributed by atoms with Gasteiger partial charge in [0.1, 0.15) is 5.75 Å². The van der Waals surface area contributed by atoms with Gasteiger partial charge in [0.15, 0.2) is 0 Å². The predicted molar refractivity (Wildman–Crippen MR) is 108 cm³/mol. The molecule has 0 saturated carbocycles. The van der Waals surface area contributed by atoms with Crippen molar-refractivity contribution in [2.45, 2.75) is 12.8 Å². The Morgan fingerprint density at radius 2 is 1.61 bits per heavy atom. The van der Waals surface area contributed by atoms with E-state index < -0.39 is 16.1 Å². The van der Waals surface area contributed by atoms with Crippen LogP contribution in [-0.4, -0.2) is 50.5 Å². The topological polar surface area (TPSA) is 95.9 Å². The van der Waals surface area contributed by atoms with E-state index in [1.54, 1.807) is 12.1 Å². The summed E-state index contributed by atoms with van der Waals surface area (Å²) in [6.07, 6.45) is 1.90. The SMILES string of the molecule is CS(=O)(=O)Nc1ccc(-c2ccc(OCC3CCN(C(=O)O)CC3)cc2)cc1. The fourth-order valence-electron chi connectivity index (χ4n) is 3.19. The maximum atomic E-state index is 11.3. The number of sulfonamides is 1. The number of ether oxygens (including phenoxy) is 1. The number of benzene rings is 2. The number of anilines is 1. The Balaban J connectivity index is 1.53. The fraction of sp³-hybridized carbons (Fsp3) is 0.350. The normalized spacial score (nSPS) is 15.2. The fourth-order valence-corrected chi connectivity index (χ4v) is 3.76. The van der Waals surface area contributed by atoms with Crippen molar-refractivity contribution in [3.63, 3.8) is 0 Å². The molecule has 1 heterocycles. The van der Waals surface area contributed by atoms with Crippen molar-refractivity contribution in [3.05, 3.63) is 48.5 Å². The maximum Gasteiger partial charge on any atom is 0.407 e. The Labute approximate surface area is 165 Å². The second-order valence-corrected chi connectivity index (χ2v) is 8.75. The molecule has 8 heteroatoms. The molecule has 0 unspecified atom stereocenters. The lowest BCUT2D eigenvalue weighted by atomic mass is 9.98. The number of carboxylic acid groups (broad SMARTS) is 1. The standard InChI is InChI=1S/C20H24N2O5S/c1-28(25,26)21-18-6-2-16(3-7-18)17-4-8-19(9-5-17)27-14-15-10-12-22(13-11-15)20(23)24/h2-9,15,21H,10-14H2,1H3,(H,23,24). The van der Waals surface area contributed by atoms with Gasteiger partial charge >= 0.3 is 6.09 Å². The summed E-state index contributed by atoms with van der Waals surface area (Å²) in [4.78, 5) is 12.4. The maximum absolute atomic E-state index is 11.3. The lowest BCUT2D eigenvalue weighted by Gasteiger charge is -2.29. The van der Waals surface area contributed by atoms with Crippen LogP contribution in [0.15, 0.2) is 48.5 Å². The Kier molecular flexibility index (Phi) is 6.08. The molecule has 1 fully saturated rings. The first kappa shape index (κ1) is 20.0. The smallest absolute Gasteiger partial charge is 0.407 e. The van der Waals surface area contributed by atoms with E-state index >= 15 is 0 Å². The van der Waals surface area contributed by atoms with Crippen molar-refractivity contribution in [1.82, 2.24) is 4.90 Å². The molecule has 3 rings (SSSR count). The number of amides is 1. The number of piperidine rings is 1. The molecule has 2 aromatic carbocycles. The zero-order chi connectivity index (χ0) is 20.1. The van der Waals surface area contributed by atoms with Crippen molar-refractivity contribution < 1.29 is 23.1 Å². The molecule has 0 aromatic heterocycles. The monoisotopic (exact) mass is 404 g/mol. The highest BCUT2D eigenvalue weighted by Gasteiger charge is 2.22. The van der Waals surface area contributed by atoms with Crippen LogP contribution in [0.1, 0.15) is 12.8 Å². The van der Waals surface area contributed by atoms with Gasteiger partial charge in [0.25, 0.3) is 0 Å². The predicted octanol–water partition coefficient (Wildman–Crippen LogP) is 3.49. The molecule has 0 aliphatic carbocycles. The van der Waals surface area contributed by atoms with Gasteiger partial charge in [-0.3, -0.25) is 4.72 Å². The van der Waals surface area contributed by atoms with Crippen LogP contribution in [0, 0.1) is 5.92 Å². The van der Waals surface area contributed by atoms with E-state index in [9.17, 15) is 13.2 Å². The summed E-state index contributed by atoms with van der Waals surface area (Å²) >= 11 is 0. The highest BCUT2D eigenvalue weighted by atomic mass is 32.2. The van der Waals surface area contributed by atoms with Crippen LogP contribution >= 0.6 is 0 Å². The molecule has 0 atom stereocenters. The minimum absolute atomic E-state index is 0.366. The van der Waals surface area contributed by atoms with Crippen LogP contribution in [0.2, 0.25) is 0 Å². The largest absolute Gasteiger partial charge is 0.493 e. The Morgan fingerprint density at radius 1 is 1.07 bits per heavy atom. The molecule has 0 bridgehead atoms. The van der Waals surface area contributed by atoms with Gasteiger partial charge in [-0.25, -0.2) is 13.2 Å².